The smallest absolute Gasteiger partial charge is 0.254 e. The summed E-state index contributed by atoms with van der Waals surface area (Å²) in [5.41, 5.74) is 6.46. The molecule has 0 bridgehead atoms. The van der Waals surface area contributed by atoms with E-state index in [0.29, 0.717) is 17.3 Å². The van der Waals surface area contributed by atoms with Gasteiger partial charge in [0.05, 0.1) is 17.4 Å². The molecule has 0 saturated carbocycles. The number of nitrogens with two attached hydrogens (primary N) is 1. The van der Waals surface area contributed by atoms with Crippen LogP contribution in [0.2, 0.25) is 0 Å². The van der Waals surface area contributed by atoms with Gasteiger partial charge in [-0.3, -0.25) is 9.48 Å². The van der Waals surface area contributed by atoms with Crippen LogP contribution in [0.25, 0.3) is 0 Å². The Hall–Kier alpha value is -2.64. The molecule has 0 spiro atoms. The van der Waals surface area contributed by atoms with E-state index in [2.05, 4.69) is 32.6 Å². The third kappa shape index (κ3) is 5.22. The Bertz CT molecular complexity index is 668. The number of rotatable bonds is 10. The predicted molar refractivity (Wildman–Crippen MR) is 94.3 cm³/mol. The number of anilines is 3. The molecule has 0 aliphatic rings. The maximum Gasteiger partial charge on any atom is 0.254 e. The van der Waals surface area contributed by atoms with Gasteiger partial charge in [0.15, 0.2) is 0 Å². The molecule has 0 fully saturated rings. The van der Waals surface area contributed by atoms with E-state index in [1.165, 1.54) is 25.5 Å². The fourth-order valence-corrected chi connectivity index (χ4v) is 2.31. The lowest BCUT2D eigenvalue weighted by Crippen LogP contribution is -2.17. The molecule has 0 aliphatic heterocycles. The van der Waals surface area contributed by atoms with Crippen LogP contribution < -0.4 is 16.4 Å². The van der Waals surface area contributed by atoms with Crippen LogP contribution in [0.3, 0.4) is 0 Å². The van der Waals surface area contributed by atoms with E-state index >= 15 is 0 Å². The average Bonchev–Trinajstić information content (AvgIpc) is 2.95. The summed E-state index contributed by atoms with van der Waals surface area (Å²) in [4.78, 5) is 20.0. The fraction of sp³-hybridized carbons (Fsp3) is 0.500. The number of unbranched alkanes of at least 4 members (excludes halogenated alkanes) is 4. The van der Waals surface area contributed by atoms with Crippen LogP contribution in [0.4, 0.5) is 17.5 Å². The largest absolute Gasteiger partial charge is 0.369 e. The highest BCUT2D eigenvalue weighted by Gasteiger charge is 2.12. The topological polar surface area (TPSA) is 111 Å². The number of amides is 1. The molecule has 8 heteroatoms. The quantitative estimate of drug-likeness (QED) is 0.577. The Morgan fingerprint density at radius 1 is 1.25 bits per heavy atom. The highest BCUT2D eigenvalue weighted by molar-refractivity contribution is 5.97. The molecule has 0 aliphatic carbocycles. The summed E-state index contributed by atoms with van der Waals surface area (Å²) < 4.78 is 1.68. The summed E-state index contributed by atoms with van der Waals surface area (Å²) in [5, 5.41) is 10.3. The molecule has 0 radical (unpaired) electrons. The Labute approximate surface area is 141 Å². The summed E-state index contributed by atoms with van der Waals surface area (Å²) in [5.74, 6) is 0.303. The van der Waals surface area contributed by atoms with Crippen molar-refractivity contribution < 1.29 is 4.79 Å². The number of nitrogens with zero attached hydrogens (tertiary/aromatic N) is 4. The zero-order valence-electron chi connectivity index (χ0n) is 14.2. The third-order valence-corrected chi connectivity index (χ3v) is 3.59. The fourth-order valence-electron chi connectivity index (χ4n) is 2.31. The van der Waals surface area contributed by atoms with Gasteiger partial charge < -0.3 is 16.4 Å². The molecule has 2 aromatic rings. The minimum atomic E-state index is -0.545. The van der Waals surface area contributed by atoms with E-state index in [1.54, 1.807) is 10.9 Å². The summed E-state index contributed by atoms with van der Waals surface area (Å²) in [7, 11) is 1.83. The van der Waals surface area contributed by atoms with Crippen LogP contribution in [0.1, 0.15) is 49.4 Å². The molecule has 8 nitrogen and oxygen atoms in total. The number of hydrogen-bond acceptors (Lipinski definition) is 6. The Morgan fingerprint density at radius 3 is 2.71 bits per heavy atom. The first-order chi connectivity index (χ1) is 11.6. The first-order valence-corrected chi connectivity index (χ1v) is 8.26. The summed E-state index contributed by atoms with van der Waals surface area (Å²) in [6.07, 6.45) is 10.8. The van der Waals surface area contributed by atoms with Gasteiger partial charge >= 0.3 is 0 Å². The first kappa shape index (κ1) is 17.7. The van der Waals surface area contributed by atoms with Gasteiger partial charge in [-0.15, -0.1) is 0 Å². The Kier molecular flexibility index (Phi) is 6.53. The lowest BCUT2D eigenvalue weighted by Gasteiger charge is -2.10. The molecule has 0 unspecified atom stereocenters. The summed E-state index contributed by atoms with van der Waals surface area (Å²) >= 11 is 0. The number of hydrogen-bond donors (Lipinski definition) is 3. The molecule has 2 heterocycles. The van der Waals surface area contributed by atoms with E-state index in [4.69, 9.17) is 5.73 Å². The molecule has 0 atom stereocenters. The van der Waals surface area contributed by atoms with Gasteiger partial charge in [0.2, 0.25) is 5.95 Å². The molecule has 4 N–H and O–H groups in total. The SMILES string of the molecule is CCCCCCCNc1nc(Nc2cnn(C)c2)ncc1C(N)=O. The molecule has 2 rings (SSSR count). The molecule has 1 amide bonds. The average molecular weight is 331 g/mol. The van der Waals surface area contributed by atoms with Crippen molar-refractivity contribution >= 4 is 23.4 Å². The Morgan fingerprint density at radius 2 is 2.04 bits per heavy atom. The van der Waals surface area contributed by atoms with Crippen LogP contribution in [0.15, 0.2) is 18.6 Å². The van der Waals surface area contributed by atoms with E-state index in [0.717, 1.165) is 25.1 Å². The monoisotopic (exact) mass is 331 g/mol. The number of aromatic nitrogens is 4. The van der Waals surface area contributed by atoms with Crippen molar-refractivity contribution in [1.29, 1.82) is 0 Å². The van der Waals surface area contributed by atoms with Gasteiger partial charge in [0.25, 0.3) is 5.91 Å². The van der Waals surface area contributed by atoms with Crippen molar-refractivity contribution in [1.82, 2.24) is 19.7 Å². The van der Waals surface area contributed by atoms with E-state index in [9.17, 15) is 4.79 Å². The van der Waals surface area contributed by atoms with Gasteiger partial charge in [-0.25, -0.2) is 4.98 Å². The highest BCUT2D eigenvalue weighted by Crippen LogP contribution is 2.17. The molecule has 24 heavy (non-hydrogen) atoms. The van der Waals surface area contributed by atoms with Crippen molar-refractivity contribution in [2.75, 3.05) is 17.2 Å². The second-order valence-corrected chi connectivity index (χ2v) is 5.69. The van der Waals surface area contributed by atoms with E-state index in [-0.39, 0.29) is 0 Å². The van der Waals surface area contributed by atoms with Gasteiger partial charge in [-0.2, -0.15) is 10.1 Å². The van der Waals surface area contributed by atoms with Crippen LogP contribution in [0.5, 0.6) is 0 Å². The molecule has 0 saturated heterocycles. The number of nitrogens with one attached hydrogen (secondary N) is 2. The second-order valence-electron chi connectivity index (χ2n) is 5.69. The maximum atomic E-state index is 11.5. The Balaban J connectivity index is 2.00. The van der Waals surface area contributed by atoms with Crippen molar-refractivity contribution in [2.24, 2.45) is 12.8 Å². The molecular weight excluding hydrogens is 306 g/mol. The lowest BCUT2D eigenvalue weighted by molar-refractivity contribution is 0.100. The zero-order chi connectivity index (χ0) is 17.4. The number of carbonyl (C=O) groups is 1. The zero-order valence-corrected chi connectivity index (χ0v) is 14.2. The molecule has 130 valence electrons. The minimum Gasteiger partial charge on any atom is -0.369 e. The van der Waals surface area contributed by atoms with Crippen molar-refractivity contribution in [3.8, 4) is 0 Å². The maximum absolute atomic E-state index is 11.5. The van der Waals surface area contributed by atoms with Crippen LogP contribution in [-0.4, -0.2) is 32.2 Å². The van der Waals surface area contributed by atoms with Crippen molar-refractivity contribution in [2.45, 2.75) is 39.0 Å². The second kappa shape index (κ2) is 8.85. The summed E-state index contributed by atoms with van der Waals surface area (Å²) in [6.45, 7) is 2.93. The van der Waals surface area contributed by atoms with Crippen LogP contribution >= 0.6 is 0 Å². The van der Waals surface area contributed by atoms with E-state index in [1.807, 2.05) is 13.2 Å². The minimum absolute atomic E-state index is 0.292. The first-order valence-electron chi connectivity index (χ1n) is 8.26. The molecule has 2 aromatic heterocycles. The standard InChI is InChI=1S/C16H25N7O/c1-3-4-5-6-7-8-18-15-13(14(17)24)10-19-16(22-15)21-12-9-20-23(2)11-12/h9-11H,3-8H2,1-2H3,(H2,17,24)(H2,18,19,21,22). The van der Waals surface area contributed by atoms with Gasteiger partial charge in [-0.05, 0) is 6.42 Å². The lowest BCUT2D eigenvalue weighted by atomic mass is 10.1. The van der Waals surface area contributed by atoms with Crippen molar-refractivity contribution in [3.63, 3.8) is 0 Å². The van der Waals surface area contributed by atoms with Gasteiger partial charge in [0.1, 0.15) is 5.82 Å². The highest BCUT2D eigenvalue weighted by atomic mass is 16.1. The number of carbonyl (C=O) groups excluding carboxylic acids is 1. The van der Waals surface area contributed by atoms with Crippen LogP contribution in [0, 0.1) is 0 Å². The van der Waals surface area contributed by atoms with Gasteiger partial charge in [-0.1, -0.05) is 32.6 Å². The van der Waals surface area contributed by atoms with Crippen molar-refractivity contribution in [3.05, 3.63) is 24.2 Å². The molecule has 0 aromatic carbocycles. The van der Waals surface area contributed by atoms with Crippen LogP contribution in [-0.2, 0) is 7.05 Å². The number of primary amides is 1. The predicted octanol–water partition coefficient (Wildman–Crippen LogP) is 2.43. The normalized spacial score (nSPS) is 10.6. The van der Waals surface area contributed by atoms with Gasteiger partial charge in [0, 0.05) is 26.0 Å². The third-order valence-electron chi connectivity index (χ3n) is 3.59. The van der Waals surface area contributed by atoms with E-state index < -0.39 is 5.91 Å². The number of aryl methyl sites for hydroxylation is 1. The summed E-state index contributed by atoms with van der Waals surface area (Å²) in [6, 6.07) is 0. The molecular formula is C16H25N7O.